The Morgan fingerprint density at radius 2 is 2.04 bits per heavy atom. The molecule has 3 aromatic rings. The number of nitrogens with zero attached hydrogens (tertiary/aromatic N) is 4. The van der Waals surface area contributed by atoms with Gasteiger partial charge in [-0.05, 0) is 36.2 Å². The van der Waals surface area contributed by atoms with E-state index in [2.05, 4.69) is 28.9 Å². The summed E-state index contributed by atoms with van der Waals surface area (Å²) in [6, 6.07) is 10.8. The first-order chi connectivity index (χ1) is 11.6. The van der Waals surface area contributed by atoms with Crippen LogP contribution in [0.25, 0.3) is 17.2 Å². The first-order valence-corrected chi connectivity index (χ1v) is 7.83. The van der Waals surface area contributed by atoms with Crippen LogP contribution in [0.4, 0.5) is 0 Å². The van der Waals surface area contributed by atoms with E-state index in [1.54, 1.807) is 23.0 Å². The number of methoxy groups -OCH3 is 1. The minimum atomic E-state index is 0.0657. The van der Waals surface area contributed by atoms with Crippen LogP contribution in [0.3, 0.4) is 0 Å². The van der Waals surface area contributed by atoms with Crippen molar-refractivity contribution in [1.82, 2.24) is 19.7 Å². The van der Waals surface area contributed by atoms with Crippen molar-refractivity contribution in [3.63, 3.8) is 0 Å². The van der Waals surface area contributed by atoms with Crippen LogP contribution >= 0.6 is 0 Å². The van der Waals surface area contributed by atoms with Crippen LogP contribution in [0.15, 0.2) is 42.6 Å². The molecule has 0 spiro atoms. The Morgan fingerprint density at radius 1 is 1.21 bits per heavy atom. The van der Waals surface area contributed by atoms with E-state index in [0.717, 1.165) is 17.8 Å². The number of aromatic nitrogens is 4. The molecule has 0 unspecified atom stereocenters. The molecule has 0 amide bonds. The predicted octanol–water partition coefficient (Wildman–Crippen LogP) is 3.24. The fraction of sp³-hybridized carbons (Fsp3) is 0.278. The van der Waals surface area contributed by atoms with Crippen LogP contribution in [0.5, 0.6) is 11.5 Å². The number of hydrogen-bond donors (Lipinski definition) is 1. The van der Waals surface area contributed by atoms with Crippen LogP contribution in [-0.4, -0.2) is 32.0 Å². The topological polar surface area (TPSA) is 73.1 Å². The molecule has 0 aliphatic heterocycles. The van der Waals surface area contributed by atoms with Gasteiger partial charge in [0.15, 0.2) is 29.0 Å². The van der Waals surface area contributed by atoms with Gasteiger partial charge in [0.2, 0.25) is 0 Å². The number of rotatable bonds is 5. The molecule has 1 N–H and O–H groups in total. The second-order valence-corrected chi connectivity index (χ2v) is 5.94. The van der Waals surface area contributed by atoms with Crippen molar-refractivity contribution in [3.05, 3.63) is 48.4 Å². The van der Waals surface area contributed by atoms with Crippen LogP contribution in [0.2, 0.25) is 0 Å². The third kappa shape index (κ3) is 3.22. The van der Waals surface area contributed by atoms with Gasteiger partial charge in [0.25, 0.3) is 0 Å². The Kier molecular flexibility index (Phi) is 4.46. The molecular formula is C18H20N4O2. The molecule has 0 fully saturated rings. The van der Waals surface area contributed by atoms with E-state index in [4.69, 9.17) is 4.74 Å². The quantitative estimate of drug-likeness (QED) is 0.780. The Labute approximate surface area is 140 Å². The molecule has 0 radical (unpaired) electrons. The molecule has 6 heteroatoms. The highest BCUT2D eigenvalue weighted by Crippen LogP contribution is 2.31. The Bertz CT molecular complexity index is 828. The highest BCUT2D eigenvalue weighted by atomic mass is 16.5. The molecule has 0 aliphatic carbocycles. The zero-order chi connectivity index (χ0) is 17.1. The van der Waals surface area contributed by atoms with Crippen molar-refractivity contribution < 1.29 is 9.84 Å². The summed E-state index contributed by atoms with van der Waals surface area (Å²) in [7, 11) is 1.52. The van der Waals surface area contributed by atoms with Crippen molar-refractivity contribution in [2.45, 2.75) is 20.3 Å². The van der Waals surface area contributed by atoms with Crippen molar-refractivity contribution in [2.24, 2.45) is 5.92 Å². The molecule has 1 aromatic carbocycles. The first-order valence-electron chi connectivity index (χ1n) is 7.83. The van der Waals surface area contributed by atoms with E-state index in [9.17, 15) is 5.11 Å². The van der Waals surface area contributed by atoms with Gasteiger partial charge in [-0.3, -0.25) is 0 Å². The van der Waals surface area contributed by atoms with Crippen molar-refractivity contribution in [1.29, 1.82) is 0 Å². The van der Waals surface area contributed by atoms with Gasteiger partial charge >= 0.3 is 0 Å². The van der Waals surface area contributed by atoms with E-state index in [-0.39, 0.29) is 5.75 Å². The van der Waals surface area contributed by atoms with Gasteiger partial charge in [0.05, 0.1) is 7.11 Å². The smallest absolute Gasteiger partial charge is 0.165 e. The second kappa shape index (κ2) is 6.70. The Hall–Kier alpha value is -2.89. The number of ether oxygens (including phenoxy) is 1. The molecule has 2 aromatic heterocycles. The molecule has 0 aliphatic rings. The number of aromatic hydroxyl groups is 1. The van der Waals surface area contributed by atoms with Gasteiger partial charge < -0.3 is 9.84 Å². The van der Waals surface area contributed by atoms with Gasteiger partial charge in [-0.1, -0.05) is 19.9 Å². The lowest BCUT2D eigenvalue weighted by molar-refractivity contribution is 0.373. The maximum atomic E-state index is 10.1. The summed E-state index contributed by atoms with van der Waals surface area (Å²) in [5.41, 5.74) is 0.751. The van der Waals surface area contributed by atoms with Gasteiger partial charge in [-0.15, -0.1) is 5.10 Å². The normalized spacial score (nSPS) is 11.0. The van der Waals surface area contributed by atoms with E-state index < -0.39 is 0 Å². The molecule has 2 heterocycles. The summed E-state index contributed by atoms with van der Waals surface area (Å²) in [5, 5.41) is 14.7. The molecule has 3 rings (SSSR count). The zero-order valence-electron chi connectivity index (χ0n) is 14.0. The number of pyridine rings is 1. The van der Waals surface area contributed by atoms with Crippen LogP contribution < -0.4 is 4.74 Å². The van der Waals surface area contributed by atoms with E-state index in [0.29, 0.717) is 23.3 Å². The monoisotopic (exact) mass is 324 g/mol. The summed E-state index contributed by atoms with van der Waals surface area (Å²) in [5.74, 6) is 3.01. The molecule has 0 saturated heterocycles. The number of hydrogen-bond acceptors (Lipinski definition) is 5. The van der Waals surface area contributed by atoms with Crippen LogP contribution in [-0.2, 0) is 6.42 Å². The molecule has 6 nitrogen and oxygen atoms in total. The van der Waals surface area contributed by atoms with Crippen LogP contribution in [0.1, 0.15) is 19.7 Å². The van der Waals surface area contributed by atoms with Gasteiger partial charge in [-0.25, -0.2) is 9.97 Å². The SMILES string of the molecule is COc1ccc(-c2nc(CC(C)C)nn2-c2ccccn2)cc1O. The largest absolute Gasteiger partial charge is 0.504 e. The molecule has 124 valence electrons. The molecule has 0 bridgehead atoms. The summed E-state index contributed by atoms with van der Waals surface area (Å²) in [6.07, 6.45) is 2.49. The summed E-state index contributed by atoms with van der Waals surface area (Å²) >= 11 is 0. The van der Waals surface area contributed by atoms with Crippen molar-refractivity contribution >= 4 is 0 Å². The lowest BCUT2D eigenvalue weighted by Crippen LogP contribution is -2.02. The van der Waals surface area contributed by atoms with E-state index in [1.807, 2.05) is 24.3 Å². The maximum absolute atomic E-state index is 10.1. The van der Waals surface area contributed by atoms with Gasteiger partial charge in [0.1, 0.15) is 0 Å². The standard InChI is InChI=1S/C18H20N4O2/c1-12(2)10-16-20-18(13-7-8-15(24-3)14(23)11-13)22(21-16)17-6-4-5-9-19-17/h4-9,11-12,23H,10H2,1-3H3. The number of benzene rings is 1. The van der Waals surface area contributed by atoms with Gasteiger partial charge in [0, 0.05) is 18.2 Å². The van der Waals surface area contributed by atoms with Crippen molar-refractivity contribution in [3.8, 4) is 28.7 Å². The lowest BCUT2D eigenvalue weighted by atomic mass is 10.1. The van der Waals surface area contributed by atoms with Crippen molar-refractivity contribution in [2.75, 3.05) is 7.11 Å². The highest BCUT2D eigenvalue weighted by molar-refractivity contribution is 5.62. The third-order valence-electron chi connectivity index (χ3n) is 3.55. The number of phenolic OH excluding ortho intramolecular Hbond substituents is 1. The molecule has 0 saturated carbocycles. The predicted molar refractivity (Wildman–Crippen MR) is 91.3 cm³/mol. The summed E-state index contributed by atoms with van der Waals surface area (Å²) in [6.45, 7) is 4.25. The summed E-state index contributed by atoms with van der Waals surface area (Å²) in [4.78, 5) is 9.01. The van der Waals surface area contributed by atoms with Crippen LogP contribution in [0, 0.1) is 5.92 Å². The minimum Gasteiger partial charge on any atom is -0.504 e. The average molecular weight is 324 g/mol. The van der Waals surface area contributed by atoms with E-state index >= 15 is 0 Å². The Morgan fingerprint density at radius 3 is 2.67 bits per heavy atom. The fourth-order valence-corrected chi connectivity index (χ4v) is 2.46. The third-order valence-corrected chi connectivity index (χ3v) is 3.55. The highest BCUT2D eigenvalue weighted by Gasteiger charge is 2.16. The average Bonchev–Trinajstić information content (AvgIpc) is 2.98. The lowest BCUT2D eigenvalue weighted by Gasteiger charge is -2.07. The second-order valence-electron chi connectivity index (χ2n) is 5.94. The Balaban J connectivity index is 2.11. The fourth-order valence-electron chi connectivity index (χ4n) is 2.46. The summed E-state index contributed by atoms with van der Waals surface area (Å²) < 4.78 is 6.81. The van der Waals surface area contributed by atoms with E-state index in [1.165, 1.54) is 7.11 Å². The zero-order valence-corrected chi connectivity index (χ0v) is 14.0. The molecule has 0 atom stereocenters. The number of phenols is 1. The maximum Gasteiger partial charge on any atom is 0.165 e. The minimum absolute atomic E-state index is 0.0657. The first kappa shape index (κ1) is 16.0. The molecule has 24 heavy (non-hydrogen) atoms. The molecular weight excluding hydrogens is 304 g/mol. The van der Waals surface area contributed by atoms with Gasteiger partial charge in [-0.2, -0.15) is 4.68 Å².